The van der Waals surface area contributed by atoms with Crippen LogP contribution in [0.4, 0.5) is 51.2 Å². The Labute approximate surface area is 524 Å². The van der Waals surface area contributed by atoms with Gasteiger partial charge in [0.1, 0.15) is 11.2 Å². The summed E-state index contributed by atoms with van der Waals surface area (Å²) in [6.07, 6.45) is 0. The molecule has 0 unspecified atom stereocenters. The lowest BCUT2D eigenvalue weighted by Gasteiger charge is -2.40. The van der Waals surface area contributed by atoms with E-state index in [4.69, 9.17) is 9.15 Å². The molecule has 2 aromatic heterocycles. The summed E-state index contributed by atoms with van der Waals surface area (Å²) >= 11 is 1.88. The predicted molar refractivity (Wildman–Crippen MR) is 378 cm³/mol. The maximum absolute atomic E-state index is 6.07. The molecular weight excluding hydrogens is 1090 g/mol. The fourth-order valence-electron chi connectivity index (χ4n) is 11.7. The first kappa shape index (κ1) is 59.0. The van der Waals surface area contributed by atoms with E-state index in [0.29, 0.717) is 0 Å². The molecule has 0 aliphatic carbocycles. The van der Waals surface area contributed by atoms with Crippen LogP contribution in [0.2, 0.25) is 0 Å². The van der Waals surface area contributed by atoms with Crippen molar-refractivity contribution in [2.24, 2.45) is 0 Å². The molecule has 0 bridgehead atoms. The quantitative estimate of drug-likeness (QED) is 0.176. The third-order valence-electron chi connectivity index (χ3n) is 16.6. The standard InChI is InChI=1S/C28H26N2.C22H21NO.C16H16O.C16H16S/c1-28(2,3)21-17-19-23(20-18-21)30-26-15-9-7-13-24(26)29(22-11-5-4-6-12-22)25-14-8-10-16-27(25)30;1-22(2,3)16-12-14-17(15-13-16)23-18-8-4-6-10-20(18)24-21-11-7-5-9-19(21)23;2*1-16(2,3)11-8-9-15-13(10-11)12-6-4-5-7-14(12)17-15/h4-20H,1-3H3;4-15H,1-3H3;2*4-10H,1-3H3. The van der Waals surface area contributed by atoms with E-state index >= 15 is 0 Å². The number of rotatable bonds is 3. The van der Waals surface area contributed by atoms with Gasteiger partial charge in [-0.3, -0.25) is 0 Å². The number of para-hydroxylation sites is 10. The summed E-state index contributed by atoms with van der Waals surface area (Å²) in [7, 11) is 0. The Morgan fingerprint density at radius 3 is 1.09 bits per heavy atom. The fourth-order valence-corrected chi connectivity index (χ4v) is 12.8. The van der Waals surface area contributed by atoms with E-state index in [2.05, 4.69) is 310 Å². The first-order valence-corrected chi connectivity index (χ1v) is 31.5. The summed E-state index contributed by atoms with van der Waals surface area (Å²) in [5.74, 6) is 1.77. The minimum atomic E-state index is 0.139. The topological polar surface area (TPSA) is 32.1 Å². The van der Waals surface area contributed by atoms with Gasteiger partial charge in [-0.2, -0.15) is 0 Å². The van der Waals surface area contributed by atoms with E-state index in [-0.39, 0.29) is 21.7 Å². The van der Waals surface area contributed by atoms with Crippen LogP contribution in [0.25, 0.3) is 42.1 Å². The molecule has 88 heavy (non-hydrogen) atoms. The van der Waals surface area contributed by atoms with Gasteiger partial charge >= 0.3 is 0 Å². The van der Waals surface area contributed by atoms with Crippen molar-refractivity contribution in [1.29, 1.82) is 0 Å². The van der Waals surface area contributed by atoms with Crippen molar-refractivity contribution < 1.29 is 9.15 Å². The summed E-state index contributed by atoms with van der Waals surface area (Å²) in [5, 5.41) is 5.21. The molecule has 2 aliphatic heterocycles. The lowest BCUT2D eigenvalue weighted by Crippen LogP contribution is -2.24. The SMILES string of the molecule is CC(C)(C)c1ccc(N2c3ccccc3N(c3ccccc3)c3ccccc32)cc1.CC(C)(C)c1ccc(N2c3ccccc3Oc3ccccc32)cc1.CC(C)(C)c1ccc2oc3ccccc3c2c1.CC(C)(C)c1ccc2sc3ccccc3c2c1. The second-order valence-electron chi connectivity index (χ2n) is 27.1. The zero-order chi connectivity index (χ0) is 61.5. The monoisotopic (exact) mass is 1170 g/mol. The van der Waals surface area contributed by atoms with Gasteiger partial charge in [0.2, 0.25) is 0 Å². The van der Waals surface area contributed by atoms with Gasteiger partial charge in [0, 0.05) is 48.0 Å². The first-order valence-electron chi connectivity index (χ1n) is 30.7. The van der Waals surface area contributed by atoms with E-state index in [1.807, 2.05) is 59.9 Å². The van der Waals surface area contributed by atoms with E-state index in [1.165, 1.54) is 87.3 Å². The average molecular weight is 1170 g/mol. The fraction of sp³-hybridized carbons (Fsp3) is 0.195. The number of furan rings is 1. The third kappa shape index (κ3) is 12.1. The summed E-state index contributed by atoms with van der Waals surface area (Å²) in [6, 6.07) is 92.3. The minimum absolute atomic E-state index is 0.139. The number of nitrogens with zero attached hydrogens (tertiary/aromatic N) is 3. The van der Waals surface area contributed by atoms with Gasteiger partial charge < -0.3 is 23.9 Å². The molecule has 0 spiro atoms. The van der Waals surface area contributed by atoms with Crippen molar-refractivity contribution >= 4 is 105 Å². The maximum atomic E-state index is 6.07. The van der Waals surface area contributed by atoms with Crippen LogP contribution in [0.15, 0.2) is 265 Å². The molecule has 0 radical (unpaired) electrons. The molecule has 4 heterocycles. The van der Waals surface area contributed by atoms with E-state index in [0.717, 1.165) is 39.7 Å². The number of thiophene rings is 1. The molecule has 0 saturated heterocycles. The molecule has 440 valence electrons. The molecule has 13 aromatic rings. The summed E-state index contributed by atoms with van der Waals surface area (Å²) < 4.78 is 14.7. The van der Waals surface area contributed by atoms with Crippen LogP contribution in [0.3, 0.4) is 0 Å². The Kier molecular flexibility index (Phi) is 15.9. The average Bonchev–Trinajstić information content (AvgIpc) is 1.18. The van der Waals surface area contributed by atoms with Crippen LogP contribution in [0.5, 0.6) is 11.5 Å². The van der Waals surface area contributed by atoms with Crippen molar-refractivity contribution in [2.75, 3.05) is 14.7 Å². The molecule has 0 amide bonds. The van der Waals surface area contributed by atoms with Crippen LogP contribution in [-0.4, -0.2) is 0 Å². The molecule has 11 aromatic carbocycles. The zero-order valence-corrected chi connectivity index (χ0v) is 53.7. The van der Waals surface area contributed by atoms with Crippen LogP contribution >= 0.6 is 11.3 Å². The van der Waals surface area contributed by atoms with Crippen LogP contribution in [0.1, 0.15) is 105 Å². The highest BCUT2D eigenvalue weighted by atomic mass is 32.1. The van der Waals surface area contributed by atoms with Gasteiger partial charge in [-0.1, -0.05) is 223 Å². The van der Waals surface area contributed by atoms with E-state index in [9.17, 15) is 0 Å². The van der Waals surface area contributed by atoms with Gasteiger partial charge in [0.15, 0.2) is 11.5 Å². The smallest absolute Gasteiger partial charge is 0.151 e. The summed E-state index contributed by atoms with van der Waals surface area (Å²) in [5.41, 5.74) is 18.4. The Morgan fingerprint density at radius 1 is 0.261 bits per heavy atom. The second kappa shape index (κ2) is 23.7. The van der Waals surface area contributed by atoms with Crippen molar-refractivity contribution in [1.82, 2.24) is 0 Å². The molecule has 2 aliphatic rings. The number of hydrogen-bond donors (Lipinski definition) is 0. The van der Waals surface area contributed by atoms with Crippen molar-refractivity contribution in [3.05, 3.63) is 283 Å². The number of benzene rings is 11. The summed E-state index contributed by atoms with van der Waals surface area (Å²) in [6.45, 7) is 27.0. The second-order valence-corrected chi connectivity index (χ2v) is 28.2. The molecule has 0 saturated carbocycles. The maximum Gasteiger partial charge on any atom is 0.151 e. The Balaban J connectivity index is 0.000000118. The van der Waals surface area contributed by atoms with Gasteiger partial charge in [-0.15, -0.1) is 11.3 Å². The molecule has 0 fully saturated rings. The number of hydrogen-bond acceptors (Lipinski definition) is 6. The number of fused-ring (bicyclic) bond motifs is 10. The Hall–Kier alpha value is -9.36. The van der Waals surface area contributed by atoms with Crippen molar-refractivity contribution in [3.63, 3.8) is 0 Å². The highest BCUT2D eigenvalue weighted by Crippen LogP contribution is 2.54. The number of anilines is 9. The van der Waals surface area contributed by atoms with Crippen molar-refractivity contribution in [2.45, 2.75) is 105 Å². The van der Waals surface area contributed by atoms with Gasteiger partial charge in [-0.25, -0.2) is 0 Å². The molecule has 0 atom stereocenters. The van der Waals surface area contributed by atoms with Crippen LogP contribution in [-0.2, 0) is 21.7 Å². The molecular formula is C82H79N3O2S. The normalized spacial score (nSPS) is 12.8. The minimum Gasteiger partial charge on any atom is -0.456 e. The largest absolute Gasteiger partial charge is 0.456 e. The molecule has 0 N–H and O–H groups in total. The lowest BCUT2D eigenvalue weighted by molar-refractivity contribution is 0.477. The molecule has 6 heteroatoms. The van der Waals surface area contributed by atoms with E-state index in [1.54, 1.807) is 0 Å². The highest BCUT2D eigenvalue weighted by Gasteiger charge is 2.31. The predicted octanol–water partition coefficient (Wildman–Crippen LogP) is 25.0. The zero-order valence-electron chi connectivity index (χ0n) is 52.9. The Bertz CT molecular complexity index is 4370. The van der Waals surface area contributed by atoms with Gasteiger partial charge in [0.05, 0.1) is 34.1 Å². The third-order valence-corrected chi connectivity index (χ3v) is 17.8. The first-order chi connectivity index (χ1) is 42.2. The van der Waals surface area contributed by atoms with Crippen molar-refractivity contribution in [3.8, 4) is 11.5 Å². The Morgan fingerprint density at radius 2 is 0.602 bits per heavy atom. The van der Waals surface area contributed by atoms with Gasteiger partial charge in [0.25, 0.3) is 0 Å². The lowest BCUT2D eigenvalue weighted by atomic mass is 9.86. The molecule has 5 nitrogen and oxygen atoms in total. The number of ether oxygens (including phenoxy) is 1. The van der Waals surface area contributed by atoms with Crippen LogP contribution in [0, 0.1) is 0 Å². The van der Waals surface area contributed by atoms with Crippen LogP contribution < -0.4 is 19.4 Å². The molecule has 15 rings (SSSR count). The summed E-state index contributed by atoms with van der Waals surface area (Å²) in [4.78, 5) is 6.99. The van der Waals surface area contributed by atoms with E-state index < -0.39 is 0 Å². The highest BCUT2D eigenvalue weighted by molar-refractivity contribution is 7.25. The van der Waals surface area contributed by atoms with Gasteiger partial charge in [-0.05, 0) is 165 Å².